The molecule has 1 saturated heterocycles. The predicted molar refractivity (Wildman–Crippen MR) is 72.5 cm³/mol. The van der Waals surface area contributed by atoms with Gasteiger partial charge in [-0.15, -0.1) is 11.3 Å². The van der Waals surface area contributed by atoms with E-state index in [0.717, 1.165) is 35.2 Å². The fourth-order valence-corrected chi connectivity index (χ4v) is 2.88. The SMILES string of the molecule is Cc1cc(-c2nccs2)nc([C@H]2CCCCN2)n1. The number of rotatable bonds is 2. The van der Waals surface area contributed by atoms with Gasteiger partial charge in [0.2, 0.25) is 0 Å². The highest BCUT2D eigenvalue weighted by molar-refractivity contribution is 7.13. The summed E-state index contributed by atoms with van der Waals surface area (Å²) in [5.74, 6) is 0.917. The Kier molecular flexibility index (Phi) is 3.34. The number of nitrogens with zero attached hydrogens (tertiary/aromatic N) is 3. The Morgan fingerprint density at radius 3 is 3.00 bits per heavy atom. The van der Waals surface area contributed by atoms with Crippen LogP contribution in [0.4, 0.5) is 0 Å². The second-order valence-corrected chi connectivity index (χ2v) is 5.49. The molecule has 0 aromatic carbocycles. The van der Waals surface area contributed by atoms with Crippen LogP contribution in [0.25, 0.3) is 10.7 Å². The van der Waals surface area contributed by atoms with Gasteiger partial charge in [0.1, 0.15) is 16.5 Å². The van der Waals surface area contributed by atoms with E-state index in [2.05, 4.69) is 20.3 Å². The average molecular weight is 260 g/mol. The van der Waals surface area contributed by atoms with E-state index in [1.54, 1.807) is 11.3 Å². The van der Waals surface area contributed by atoms with Crippen LogP contribution in [0.3, 0.4) is 0 Å². The van der Waals surface area contributed by atoms with Crippen LogP contribution < -0.4 is 5.32 Å². The fraction of sp³-hybridized carbons (Fsp3) is 0.462. The van der Waals surface area contributed by atoms with E-state index in [9.17, 15) is 0 Å². The Hall–Kier alpha value is -1.33. The maximum Gasteiger partial charge on any atom is 0.146 e. The maximum absolute atomic E-state index is 4.67. The summed E-state index contributed by atoms with van der Waals surface area (Å²) >= 11 is 1.62. The molecule has 18 heavy (non-hydrogen) atoms. The van der Waals surface area contributed by atoms with Gasteiger partial charge in [-0.05, 0) is 32.4 Å². The highest BCUT2D eigenvalue weighted by Gasteiger charge is 2.18. The van der Waals surface area contributed by atoms with Crippen LogP contribution in [-0.4, -0.2) is 21.5 Å². The molecule has 0 amide bonds. The van der Waals surface area contributed by atoms with E-state index in [0.29, 0.717) is 6.04 Å². The average Bonchev–Trinajstić information content (AvgIpc) is 2.93. The summed E-state index contributed by atoms with van der Waals surface area (Å²) < 4.78 is 0. The van der Waals surface area contributed by atoms with Crippen molar-refractivity contribution < 1.29 is 0 Å². The summed E-state index contributed by atoms with van der Waals surface area (Å²) in [6, 6.07) is 2.31. The molecule has 5 heteroatoms. The fourth-order valence-electron chi connectivity index (χ4n) is 2.28. The minimum atomic E-state index is 0.303. The number of hydrogen-bond acceptors (Lipinski definition) is 5. The number of piperidine rings is 1. The molecule has 3 heterocycles. The van der Waals surface area contributed by atoms with Gasteiger partial charge in [0, 0.05) is 17.3 Å². The van der Waals surface area contributed by atoms with E-state index < -0.39 is 0 Å². The zero-order chi connectivity index (χ0) is 12.4. The molecule has 3 rings (SSSR count). The van der Waals surface area contributed by atoms with Crippen molar-refractivity contribution in [2.75, 3.05) is 6.54 Å². The van der Waals surface area contributed by atoms with Crippen molar-refractivity contribution in [2.45, 2.75) is 32.2 Å². The number of thiazole rings is 1. The highest BCUT2D eigenvalue weighted by atomic mass is 32.1. The quantitative estimate of drug-likeness (QED) is 0.902. The molecule has 4 nitrogen and oxygen atoms in total. The van der Waals surface area contributed by atoms with E-state index in [1.807, 2.05) is 24.6 Å². The van der Waals surface area contributed by atoms with Crippen LogP contribution in [0.15, 0.2) is 17.6 Å². The van der Waals surface area contributed by atoms with Gasteiger partial charge in [-0.3, -0.25) is 0 Å². The summed E-state index contributed by atoms with van der Waals surface area (Å²) in [4.78, 5) is 13.6. The Morgan fingerprint density at radius 2 is 2.28 bits per heavy atom. The number of nitrogens with one attached hydrogen (secondary N) is 1. The molecular weight excluding hydrogens is 244 g/mol. The topological polar surface area (TPSA) is 50.7 Å². The van der Waals surface area contributed by atoms with Crippen molar-refractivity contribution in [3.8, 4) is 10.7 Å². The normalized spacial score (nSPS) is 19.9. The van der Waals surface area contributed by atoms with Crippen molar-refractivity contribution in [2.24, 2.45) is 0 Å². The highest BCUT2D eigenvalue weighted by Crippen LogP contribution is 2.24. The van der Waals surface area contributed by atoms with Gasteiger partial charge in [0.05, 0.1) is 6.04 Å². The molecular formula is C13H16N4S. The Bertz CT molecular complexity index is 518. The lowest BCUT2D eigenvalue weighted by Gasteiger charge is -2.22. The molecule has 0 spiro atoms. The van der Waals surface area contributed by atoms with Crippen molar-refractivity contribution >= 4 is 11.3 Å². The maximum atomic E-state index is 4.67. The Labute approximate surface area is 111 Å². The molecule has 2 aromatic heterocycles. The molecule has 0 unspecified atom stereocenters. The van der Waals surface area contributed by atoms with Gasteiger partial charge >= 0.3 is 0 Å². The first-order valence-electron chi connectivity index (χ1n) is 6.32. The summed E-state index contributed by atoms with van der Waals surface area (Å²) in [7, 11) is 0. The first-order chi connectivity index (χ1) is 8.83. The zero-order valence-corrected chi connectivity index (χ0v) is 11.2. The summed E-state index contributed by atoms with van der Waals surface area (Å²) in [5, 5.41) is 6.44. The van der Waals surface area contributed by atoms with E-state index in [4.69, 9.17) is 0 Å². The van der Waals surface area contributed by atoms with Crippen molar-refractivity contribution in [3.63, 3.8) is 0 Å². The monoisotopic (exact) mass is 260 g/mol. The van der Waals surface area contributed by atoms with Crippen molar-refractivity contribution in [3.05, 3.63) is 29.2 Å². The molecule has 0 bridgehead atoms. The largest absolute Gasteiger partial charge is 0.307 e. The van der Waals surface area contributed by atoms with Crippen molar-refractivity contribution in [1.82, 2.24) is 20.3 Å². The van der Waals surface area contributed by atoms with Crippen LogP contribution in [0.1, 0.15) is 36.8 Å². The Balaban J connectivity index is 1.95. The summed E-state index contributed by atoms with van der Waals surface area (Å²) in [6.07, 6.45) is 5.44. The van der Waals surface area contributed by atoms with Crippen LogP contribution in [0.5, 0.6) is 0 Å². The van der Waals surface area contributed by atoms with Gasteiger partial charge in [-0.25, -0.2) is 15.0 Å². The van der Waals surface area contributed by atoms with Gasteiger partial charge in [-0.1, -0.05) is 6.42 Å². The van der Waals surface area contributed by atoms with Gasteiger partial charge in [-0.2, -0.15) is 0 Å². The van der Waals surface area contributed by atoms with Gasteiger partial charge in [0.15, 0.2) is 0 Å². The van der Waals surface area contributed by atoms with Gasteiger partial charge in [0.25, 0.3) is 0 Å². The second kappa shape index (κ2) is 5.12. The molecule has 1 fully saturated rings. The summed E-state index contributed by atoms with van der Waals surface area (Å²) in [6.45, 7) is 3.08. The van der Waals surface area contributed by atoms with Crippen LogP contribution in [-0.2, 0) is 0 Å². The van der Waals surface area contributed by atoms with Crippen LogP contribution in [0.2, 0.25) is 0 Å². The third-order valence-corrected chi connectivity index (χ3v) is 3.94. The standard InChI is InChI=1S/C13H16N4S/c1-9-8-11(13-15-6-7-18-13)17-12(16-9)10-4-2-3-5-14-10/h6-8,10,14H,2-5H2,1H3/t10-/m1/s1. The number of hydrogen-bond donors (Lipinski definition) is 1. The second-order valence-electron chi connectivity index (χ2n) is 4.59. The smallest absolute Gasteiger partial charge is 0.146 e. The third-order valence-electron chi connectivity index (χ3n) is 3.14. The lowest BCUT2D eigenvalue weighted by atomic mass is 10.0. The first-order valence-corrected chi connectivity index (χ1v) is 7.20. The zero-order valence-electron chi connectivity index (χ0n) is 10.4. The molecule has 1 N–H and O–H groups in total. The molecule has 0 saturated carbocycles. The Morgan fingerprint density at radius 1 is 1.33 bits per heavy atom. The minimum absolute atomic E-state index is 0.303. The summed E-state index contributed by atoms with van der Waals surface area (Å²) in [5.41, 5.74) is 1.96. The first kappa shape index (κ1) is 11.7. The van der Waals surface area contributed by atoms with Crippen molar-refractivity contribution in [1.29, 1.82) is 0 Å². The van der Waals surface area contributed by atoms with E-state index in [1.165, 1.54) is 12.8 Å². The molecule has 1 atom stereocenters. The molecule has 0 aliphatic carbocycles. The lowest BCUT2D eigenvalue weighted by Crippen LogP contribution is -2.28. The molecule has 1 aliphatic rings. The number of aromatic nitrogens is 3. The number of aryl methyl sites for hydroxylation is 1. The third kappa shape index (κ3) is 2.42. The molecule has 0 radical (unpaired) electrons. The minimum Gasteiger partial charge on any atom is -0.307 e. The van der Waals surface area contributed by atoms with E-state index >= 15 is 0 Å². The van der Waals surface area contributed by atoms with E-state index in [-0.39, 0.29) is 0 Å². The molecule has 94 valence electrons. The molecule has 1 aliphatic heterocycles. The lowest BCUT2D eigenvalue weighted by molar-refractivity contribution is 0.397. The van der Waals surface area contributed by atoms with Crippen LogP contribution in [0, 0.1) is 6.92 Å². The van der Waals surface area contributed by atoms with Crippen LogP contribution >= 0.6 is 11.3 Å². The van der Waals surface area contributed by atoms with Gasteiger partial charge < -0.3 is 5.32 Å². The molecule has 2 aromatic rings. The predicted octanol–water partition coefficient (Wildman–Crippen LogP) is 2.72.